The number of unbranched alkanes of at least 4 members (excludes halogenated alkanes) is 1. The van der Waals surface area contributed by atoms with Gasteiger partial charge in [-0.05, 0) is 32.9 Å². The van der Waals surface area contributed by atoms with Gasteiger partial charge in [0.2, 0.25) is 0 Å². The van der Waals surface area contributed by atoms with Crippen LogP contribution >= 0.6 is 11.8 Å². The summed E-state index contributed by atoms with van der Waals surface area (Å²) in [6.07, 6.45) is 6.05. The van der Waals surface area contributed by atoms with Crippen molar-refractivity contribution in [1.82, 2.24) is 5.32 Å². The topological polar surface area (TPSA) is 57.4 Å². The van der Waals surface area contributed by atoms with Crippen LogP contribution in [0.2, 0.25) is 0 Å². The van der Waals surface area contributed by atoms with E-state index in [-0.39, 0.29) is 0 Å². The van der Waals surface area contributed by atoms with Crippen LogP contribution in [-0.4, -0.2) is 30.7 Å². The summed E-state index contributed by atoms with van der Waals surface area (Å²) in [5.41, 5.74) is 0. The molecule has 0 unspecified atom stereocenters. The van der Waals surface area contributed by atoms with Crippen molar-refractivity contribution >= 4 is 16.9 Å². The Morgan fingerprint density at radius 2 is 2.27 bits per heavy atom. The molecule has 5 heteroatoms. The number of hydrogen-bond acceptors (Lipinski definition) is 4. The zero-order valence-corrected chi connectivity index (χ0v) is 10.4. The van der Waals surface area contributed by atoms with Gasteiger partial charge in [-0.3, -0.25) is 10.3 Å². The average molecular weight is 229 g/mol. The van der Waals surface area contributed by atoms with Crippen molar-refractivity contribution in [3.63, 3.8) is 0 Å². The third-order valence-corrected chi connectivity index (χ3v) is 2.23. The molecule has 0 aliphatic carbocycles. The van der Waals surface area contributed by atoms with E-state index in [4.69, 9.17) is 10.00 Å². The van der Waals surface area contributed by atoms with Crippen LogP contribution < -0.4 is 5.32 Å². The minimum absolute atomic E-state index is 0.301. The number of nitrogens with zero attached hydrogens (tertiary/aromatic N) is 2. The Hall–Kier alpha value is -0.730. The van der Waals surface area contributed by atoms with Crippen LogP contribution in [0.4, 0.5) is 0 Å². The lowest BCUT2D eigenvalue weighted by Gasteiger charge is -2.06. The van der Waals surface area contributed by atoms with E-state index in [2.05, 4.69) is 10.3 Å². The summed E-state index contributed by atoms with van der Waals surface area (Å²) < 4.78 is 5.40. The van der Waals surface area contributed by atoms with Gasteiger partial charge in [-0.1, -0.05) is 11.8 Å². The highest BCUT2D eigenvalue weighted by molar-refractivity contribution is 8.13. The highest BCUT2D eigenvalue weighted by atomic mass is 32.2. The lowest BCUT2D eigenvalue weighted by atomic mass is 10.3. The van der Waals surface area contributed by atoms with Gasteiger partial charge in [0.1, 0.15) is 0 Å². The Morgan fingerprint density at radius 3 is 2.80 bits per heavy atom. The molecule has 0 bridgehead atoms. The highest BCUT2D eigenvalue weighted by Crippen LogP contribution is 1.98. The van der Waals surface area contributed by atoms with E-state index in [1.807, 2.05) is 26.3 Å². The Bertz CT molecular complexity index is 223. The summed E-state index contributed by atoms with van der Waals surface area (Å²) in [7, 11) is 0. The molecule has 15 heavy (non-hydrogen) atoms. The van der Waals surface area contributed by atoms with Gasteiger partial charge in [0.25, 0.3) is 0 Å². The Labute approximate surface area is 96.1 Å². The second kappa shape index (κ2) is 9.81. The van der Waals surface area contributed by atoms with Gasteiger partial charge in [0.15, 0.2) is 11.4 Å². The molecule has 0 fully saturated rings. The largest absolute Gasteiger partial charge is 0.379 e. The van der Waals surface area contributed by atoms with Crippen LogP contribution in [0.5, 0.6) is 0 Å². The van der Waals surface area contributed by atoms with Crippen molar-refractivity contribution in [1.29, 1.82) is 5.26 Å². The monoisotopic (exact) mass is 229 g/mol. The third kappa shape index (κ3) is 9.57. The molecule has 0 radical (unpaired) electrons. The SMILES string of the molecule is CSC(=NCCCCOC(C)C)NC#N. The molecule has 0 aromatic heterocycles. The molecule has 0 heterocycles. The van der Waals surface area contributed by atoms with Crippen LogP contribution in [0.15, 0.2) is 4.99 Å². The molecule has 0 rings (SSSR count). The predicted octanol–water partition coefficient (Wildman–Crippen LogP) is 1.98. The standard InChI is InChI=1S/C10H19N3OS/c1-9(2)14-7-5-4-6-12-10(15-3)13-8-11/h9H,4-7H2,1-3H3,(H,12,13). The molecule has 86 valence electrons. The first-order chi connectivity index (χ1) is 7.20. The van der Waals surface area contributed by atoms with Crippen molar-refractivity contribution in [2.45, 2.75) is 32.8 Å². The van der Waals surface area contributed by atoms with Crippen LogP contribution in [0.1, 0.15) is 26.7 Å². The predicted molar refractivity (Wildman–Crippen MR) is 64.9 cm³/mol. The normalized spacial score (nSPS) is 11.5. The van der Waals surface area contributed by atoms with Crippen molar-refractivity contribution in [2.75, 3.05) is 19.4 Å². The number of ether oxygens (including phenoxy) is 1. The number of aliphatic imine (C=N–C) groups is 1. The molecule has 0 atom stereocenters. The Balaban J connectivity index is 3.47. The number of rotatable bonds is 6. The van der Waals surface area contributed by atoms with Crippen molar-refractivity contribution in [3.05, 3.63) is 0 Å². The number of nitrogens with one attached hydrogen (secondary N) is 1. The summed E-state index contributed by atoms with van der Waals surface area (Å²) in [4.78, 5) is 4.24. The van der Waals surface area contributed by atoms with E-state index in [9.17, 15) is 0 Å². The van der Waals surface area contributed by atoms with Gasteiger partial charge in [0.05, 0.1) is 6.10 Å². The summed E-state index contributed by atoms with van der Waals surface area (Å²) in [6.45, 7) is 5.58. The van der Waals surface area contributed by atoms with E-state index in [1.165, 1.54) is 11.8 Å². The van der Waals surface area contributed by atoms with Gasteiger partial charge < -0.3 is 4.74 Å². The quantitative estimate of drug-likeness (QED) is 0.249. The van der Waals surface area contributed by atoms with Crippen LogP contribution in [0, 0.1) is 11.5 Å². The molecule has 0 aliphatic rings. The van der Waals surface area contributed by atoms with E-state index >= 15 is 0 Å². The van der Waals surface area contributed by atoms with Crippen molar-refractivity contribution in [2.24, 2.45) is 4.99 Å². The zero-order chi connectivity index (χ0) is 11.5. The molecular formula is C10H19N3OS. The molecule has 0 amide bonds. The molecular weight excluding hydrogens is 210 g/mol. The summed E-state index contributed by atoms with van der Waals surface area (Å²) in [6, 6.07) is 0. The fraction of sp³-hybridized carbons (Fsp3) is 0.800. The zero-order valence-electron chi connectivity index (χ0n) is 9.62. The van der Waals surface area contributed by atoms with Crippen molar-refractivity contribution in [3.8, 4) is 6.19 Å². The van der Waals surface area contributed by atoms with E-state index in [0.29, 0.717) is 11.3 Å². The fourth-order valence-electron chi connectivity index (χ4n) is 0.916. The number of thioether (sulfide) groups is 1. The Morgan fingerprint density at radius 1 is 1.53 bits per heavy atom. The summed E-state index contributed by atoms with van der Waals surface area (Å²) in [5, 5.41) is 11.6. The number of nitriles is 1. The first-order valence-corrected chi connectivity index (χ1v) is 6.28. The molecule has 1 N–H and O–H groups in total. The molecule has 0 spiro atoms. The van der Waals surface area contributed by atoms with Crippen LogP contribution in [0.3, 0.4) is 0 Å². The maximum absolute atomic E-state index is 8.39. The number of amidine groups is 1. The maximum Gasteiger partial charge on any atom is 0.183 e. The minimum atomic E-state index is 0.301. The minimum Gasteiger partial charge on any atom is -0.379 e. The summed E-state index contributed by atoms with van der Waals surface area (Å²) >= 11 is 1.45. The van der Waals surface area contributed by atoms with Gasteiger partial charge in [-0.15, -0.1) is 0 Å². The molecule has 0 aromatic carbocycles. The molecule has 0 saturated carbocycles. The Kier molecular flexibility index (Phi) is 9.33. The third-order valence-electron chi connectivity index (χ3n) is 1.62. The first-order valence-electron chi connectivity index (χ1n) is 5.05. The van der Waals surface area contributed by atoms with E-state index in [1.54, 1.807) is 0 Å². The van der Waals surface area contributed by atoms with E-state index < -0.39 is 0 Å². The molecule has 4 nitrogen and oxygen atoms in total. The molecule has 0 saturated heterocycles. The van der Waals surface area contributed by atoms with Gasteiger partial charge in [0, 0.05) is 13.2 Å². The molecule has 0 aliphatic heterocycles. The maximum atomic E-state index is 8.39. The molecule has 0 aromatic rings. The van der Waals surface area contributed by atoms with Gasteiger partial charge in [-0.25, -0.2) is 0 Å². The van der Waals surface area contributed by atoms with Crippen molar-refractivity contribution < 1.29 is 4.74 Å². The lowest BCUT2D eigenvalue weighted by molar-refractivity contribution is 0.0764. The first kappa shape index (κ1) is 14.3. The second-order valence-electron chi connectivity index (χ2n) is 3.25. The second-order valence-corrected chi connectivity index (χ2v) is 4.05. The highest BCUT2D eigenvalue weighted by Gasteiger charge is 1.95. The van der Waals surface area contributed by atoms with Gasteiger partial charge in [-0.2, -0.15) is 5.26 Å². The van der Waals surface area contributed by atoms with Gasteiger partial charge >= 0.3 is 0 Å². The smallest absolute Gasteiger partial charge is 0.183 e. The summed E-state index contributed by atoms with van der Waals surface area (Å²) in [5.74, 6) is 0. The van der Waals surface area contributed by atoms with Crippen LogP contribution in [-0.2, 0) is 4.74 Å². The fourth-order valence-corrected chi connectivity index (χ4v) is 1.28. The number of hydrogen-bond donors (Lipinski definition) is 1. The van der Waals surface area contributed by atoms with Crippen LogP contribution in [0.25, 0.3) is 0 Å². The average Bonchev–Trinajstić information content (AvgIpc) is 2.21. The lowest BCUT2D eigenvalue weighted by Crippen LogP contribution is -2.13. The van der Waals surface area contributed by atoms with E-state index in [0.717, 1.165) is 26.0 Å².